The van der Waals surface area contributed by atoms with E-state index in [2.05, 4.69) is 11.2 Å². The number of nitrogens with zero attached hydrogens (tertiary/aromatic N) is 1. The van der Waals surface area contributed by atoms with Crippen LogP contribution in [0.25, 0.3) is 0 Å². The van der Waals surface area contributed by atoms with Crippen LogP contribution in [0.2, 0.25) is 0 Å². The third-order valence-electron chi connectivity index (χ3n) is 1.93. The van der Waals surface area contributed by atoms with Crippen molar-refractivity contribution >= 4 is 6.03 Å². The Kier molecular flexibility index (Phi) is 3.59. The molecule has 1 saturated heterocycles. The predicted molar refractivity (Wildman–Crippen MR) is 49.2 cm³/mol. The summed E-state index contributed by atoms with van der Waals surface area (Å²) in [6, 6.07) is 0.0150. The van der Waals surface area contributed by atoms with Gasteiger partial charge in [-0.2, -0.15) is 0 Å². The Morgan fingerprint density at radius 2 is 2.62 bits per heavy atom. The molecule has 1 fully saturated rings. The highest BCUT2D eigenvalue weighted by molar-refractivity contribution is 5.74. The second kappa shape index (κ2) is 4.73. The Balaban J connectivity index is 2.27. The molecule has 2 amide bonds. The van der Waals surface area contributed by atoms with E-state index in [0.717, 1.165) is 13.0 Å². The van der Waals surface area contributed by atoms with Crippen LogP contribution >= 0.6 is 0 Å². The van der Waals surface area contributed by atoms with E-state index in [1.54, 1.807) is 7.05 Å². The number of amides is 2. The van der Waals surface area contributed by atoms with Gasteiger partial charge in [0.2, 0.25) is 0 Å². The van der Waals surface area contributed by atoms with Crippen LogP contribution < -0.4 is 5.32 Å². The maximum Gasteiger partial charge on any atom is 0.318 e. The van der Waals surface area contributed by atoms with E-state index in [9.17, 15) is 4.79 Å². The zero-order valence-corrected chi connectivity index (χ0v) is 7.75. The van der Waals surface area contributed by atoms with Crippen molar-refractivity contribution in [1.82, 2.24) is 10.2 Å². The van der Waals surface area contributed by atoms with Crippen LogP contribution in [0.4, 0.5) is 4.79 Å². The van der Waals surface area contributed by atoms with Crippen molar-refractivity contribution in [2.45, 2.75) is 12.5 Å². The second-order valence-corrected chi connectivity index (χ2v) is 3.07. The lowest BCUT2D eigenvalue weighted by Gasteiger charge is -2.17. The Bertz CT molecular complexity index is 216. The van der Waals surface area contributed by atoms with Gasteiger partial charge >= 0.3 is 6.03 Å². The van der Waals surface area contributed by atoms with Crippen LogP contribution in [-0.4, -0.2) is 43.8 Å². The topological polar surface area (TPSA) is 41.6 Å². The molecule has 1 unspecified atom stereocenters. The van der Waals surface area contributed by atoms with E-state index >= 15 is 0 Å². The average Bonchev–Trinajstić information content (AvgIpc) is 2.57. The quantitative estimate of drug-likeness (QED) is 0.613. The van der Waals surface area contributed by atoms with E-state index in [1.807, 2.05) is 0 Å². The minimum atomic E-state index is -0.131. The molecule has 0 spiro atoms. The van der Waals surface area contributed by atoms with Crippen LogP contribution in [0.5, 0.6) is 0 Å². The number of terminal acetylenes is 1. The van der Waals surface area contributed by atoms with E-state index < -0.39 is 0 Å². The van der Waals surface area contributed by atoms with Crippen molar-refractivity contribution in [2.75, 3.05) is 26.8 Å². The summed E-state index contributed by atoms with van der Waals surface area (Å²) in [6.07, 6.45) is 5.96. The molecule has 0 aromatic rings. The molecule has 0 radical (unpaired) electrons. The standard InChI is InChI=1S/C9H14N2O2/c1-3-5-11(2)9(12)10-8-4-6-13-7-8/h1,8H,4-7H2,2H3,(H,10,12). The first-order valence-electron chi connectivity index (χ1n) is 4.27. The highest BCUT2D eigenvalue weighted by Crippen LogP contribution is 2.03. The van der Waals surface area contributed by atoms with Gasteiger partial charge in [-0.15, -0.1) is 6.42 Å². The Hall–Kier alpha value is -1.21. The number of ether oxygens (including phenoxy) is 1. The Morgan fingerprint density at radius 3 is 3.15 bits per heavy atom. The van der Waals surface area contributed by atoms with Gasteiger partial charge in [-0.1, -0.05) is 5.92 Å². The fraction of sp³-hybridized carbons (Fsp3) is 0.667. The number of rotatable bonds is 2. The maximum absolute atomic E-state index is 11.4. The first kappa shape index (κ1) is 9.87. The van der Waals surface area contributed by atoms with E-state index in [-0.39, 0.29) is 12.1 Å². The summed E-state index contributed by atoms with van der Waals surface area (Å²) < 4.78 is 5.12. The largest absolute Gasteiger partial charge is 0.379 e. The van der Waals surface area contributed by atoms with Crippen LogP contribution in [0.3, 0.4) is 0 Å². The van der Waals surface area contributed by atoms with Crippen LogP contribution in [-0.2, 0) is 4.74 Å². The van der Waals surface area contributed by atoms with Gasteiger partial charge in [0.05, 0.1) is 19.2 Å². The molecule has 13 heavy (non-hydrogen) atoms. The minimum Gasteiger partial charge on any atom is -0.379 e. The lowest BCUT2D eigenvalue weighted by atomic mass is 10.3. The molecule has 0 bridgehead atoms. The van der Waals surface area contributed by atoms with Crippen molar-refractivity contribution in [3.63, 3.8) is 0 Å². The summed E-state index contributed by atoms with van der Waals surface area (Å²) in [4.78, 5) is 12.8. The molecule has 1 aliphatic rings. The first-order valence-corrected chi connectivity index (χ1v) is 4.27. The number of urea groups is 1. The summed E-state index contributed by atoms with van der Waals surface area (Å²) in [5, 5.41) is 2.83. The van der Waals surface area contributed by atoms with Gasteiger partial charge in [-0.25, -0.2) is 4.79 Å². The van der Waals surface area contributed by atoms with Crippen molar-refractivity contribution in [3.8, 4) is 12.3 Å². The van der Waals surface area contributed by atoms with Crippen LogP contribution in [0.1, 0.15) is 6.42 Å². The smallest absolute Gasteiger partial charge is 0.318 e. The predicted octanol–water partition coefficient (Wildman–Crippen LogP) is 0.0499. The Labute approximate surface area is 78.2 Å². The summed E-state index contributed by atoms with van der Waals surface area (Å²) >= 11 is 0. The Morgan fingerprint density at radius 1 is 1.85 bits per heavy atom. The van der Waals surface area contributed by atoms with Gasteiger partial charge in [-0.3, -0.25) is 0 Å². The molecule has 0 saturated carbocycles. The van der Waals surface area contributed by atoms with E-state index in [1.165, 1.54) is 4.90 Å². The number of carbonyl (C=O) groups excluding carboxylic acids is 1. The number of nitrogens with one attached hydrogen (secondary N) is 1. The lowest BCUT2D eigenvalue weighted by molar-refractivity contribution is 0.183. The second-order valence-electron chi connectivity index (χ2n) is 3.07. The normalized spacial score (nSPS) is 20.8. The average molecular weight is 182 g/mol. The SMILES string of the molecule is C#CCN(C)C(=O)NC1CCOC1. The minimum absolute atomic E-state index is 0.131. The van der Waals surface area contributed by atoms with E-state index in [0.29, 0.717) is 13.2 Å². The van der Waals surface area contributed by atoms with Gasteiger partial charge in [0, 0.05) is 13.7 Å². The molecule has 0 aliphatic carbocycles. The molecule has 1 rings (SSSR count). The van der Waals surface area contributed by atoms with Crippen molar-refractivity contribution in [3.05, 3.63) is 0 Å². The third-order valence-corrected chi connectivity index (χ3v) is 1.93. The van der Waals surface area contributed by atoms with Gasteiger partial charge in [-0.05, 0) is 6.42 Å². The molecule has 72 valence electrons. The van der Waals surface area contributed by atoms with Crippen molar-refractivity contribution in [2.24, 2.45) is 0 Å². The summed E-state index contributed by atoms with van der Waals surface area (Å²) in [6.45, 7) is 1.67. The molecule has 1 aliphatic heterocycles. The molecule has 0 aromatic heterocycles. The lowest BCUT2D eigenvalue weighted by Crippen LogP contribution is -2.43. The molecular weight excluding hydrogens is 168 g/mol. The summed E-state index contributed by atoms with van der Waals surface area (Å²) in [7, 11) is 1.67. The van der Waals surface area contributed by atoms with Gasteiger partial charge in [0.25, 0.3) is 0 Å². The van der Waals surface area contributed by atoms with Gasteiger partial charge in [0.1, 0.15) is 0 Å². The number of hydrogen-bond acceptors (Lipinski definition) is 2. The summed E-state index contributed by atoms with van der Waals surface area (Å²) in [5.74, 6) is 2.41. The monoisotopic (exact) mass is 182 g/mol. The van der Waals surface area contributed by atoms with Crippen molar-refractivity contribution in [1.29, 1.82) is 0 Å². The fourth-order valence-electron chi connectivity index (χ4n) is 1.14. The first-order chi connectivity index (χ1) is 6.24. The number of hydrogen-bond donors (Lipinski definition) is 1. The van der Waals surface area contributed by atoms with Crippen LogP contribution in [0.15, 0.2) is 0 Å². The van der Waals surface area contributed by atoms with Crippen LogP contribution in [0, 0.1) is 12.3 Å². The molecule has 0 aromatic carbocycles. The third kappa shape index (κ3) is 2.96. The van der Waals surface area contributed by atoms with Gasteiger partial charge < -0.3 is 15.0 Å². The molecule has 1 heterocycles. The molecule has 1 atom stereocenters. The summed E-state index contributed by atoms with van der Waals surface area (Å²) in [5.41, 5.74) is 0. The number of carbonyl (C=O) groups is 1. The highest BCUT2D eigenvalue weighted by Gasteiger charge is 2.18. The highest BCUT2D eigenvalue weighted by atomic mass is 16.5. The molecule has 1 N–H and O–H groups in total. The van der Waals surface area contributed by atoms with Crippen molar-refractivity contribution < 1.29 is 9.53 Å². The maximum atomic E-state index is 11.4. The fourth-order valence-corrected chi connectivity index (χ4v) is 1.14. The molecular formula is C9H14N2O2. The molecule has 4 nitrogen and oxygen atoms in total. The zero-order valence-electron chi connectivity index (χ0n) is 7.75. The molecule has 4 heteroatoms. The van der Waals surface area contributed by atoms with Gasteiger partial charge in [0.15, 0.2) is 0 Å². The van der Waals surface area contributed by atoms with E-state index in [4.69, 9.17) is 11.2 Å². The zero-order chi connectivity index (χ0) is 9.68.